The SMILES string of the molecule is CC(C)COC(=O)CCC(NC(=O)CCCCCN)C(=O)OCC(C)C. The molecule has 0 bridgehead atoms. The molecule has 7 heteroatoms. The molecule has 0 aromatic heterocycles. The van der Waals surface area contributed by atoms with Crippen LogP contribution in [0.1, 0.15) is 66.2 Å². The Morgan fingerprint density at radius 3 is 2.08 bits per heavy atom. The fourth-order valence-corrected chi connectivity index (χ4v) is 2.07. The molecule has 1 unspecified atom stereocenters. The number of rotatable bonds is 14. The number of esters is 2. The summed E-state index contributed by atoms with van der Waals surface area (Å²) in [6.07, 6.45) is 3.01. The number of nitrogens with two attached hydrogens (primary N) is 1. The van der Waals surface area contributed by atoms with Crippen molar-refractivity contribution < 1.29 is 23.9 Å². The van der Waals surface area contributed by atoms with Gasteiger partial charge in [-0.25, -0.2) is 4.79 Å². The van der Waals surface area contributed by atoms with Crippen LogP contribution >= 0.6 is 0 Å². The van der Waals surface area contributed by atoms with Gasteiger partial charge in [-0.1, -0.05) is 34.1 Å². The van der Waals surface area contributed by atoms with Gasteiger partial charge in [-0.3, -0.25) is 9.59 Å². The second kappa shape index (κ2) is 14.5. The Bertz CT molecular complexity index is 424. The molecule has 0 heterocycles. The molecule has 0 aliphatic carbocycles. The Morgan fingerprint density at radius 1 is 0.885 bits per heavy atom. The van der Waals surface area contributed by atoms with E-state index in [1.165, 1.54) is 0 Å². The van der Waals surface area contributed by atoms with E-state index in [-0.39, 0.29) is 43.2 Å². The molecular formula is C19H36N2O5. The molecule has 152 valence electrons. The Labute approximate surface area is 157 Å². The zero-order valence-corrected chi connectivity index (χ0v) is 16.7. The van der Waals surface area contributed by atoms with Crippen LogP contribution in [0.2, 0.25) is 0 Å². The average Bonchev–Trinajstić information content (AvgIpc) is 2.58. The molecule has 3 N–H and O–H groups in total. The molecule has 0 rings (SSSR count). The summed E-state index contributed by atoms with van der Waals surface area (Å²) in [7, 11) is 0. The zero-order valence-electron chi connectivity index (χ0n) is 16.7. The quantitative estimate of drug-likeness (QED) is 0.357. The number of carbonyl (C=O) groups excluding carboxylic acids is 3. The van der Waals surface area contributed by atoms with Crippen LogP contribution < -0.4 is 11.1 Å². The van der Waals surface area contributed by atoms with Crippen molar-refractivity contribution in [2.24, 2.45) is 17.6 Å². The van der Waals surface area contributed by atoms with E-state index in [0.717, 1.165) is 12.8 Å². The standard InChI is InChI=1S/C19H36N2O5/c1-14(2)12-25-18(23)10-9-16(19(24)26-13-15(3)4)21-17(22)8-6-5-7-11-20/h14-16H,5-13,20H2,1-4H3,(H,21,22). The minimum absolute atomic E-state index is 0.0572. The molecule has 26 heavy (non-hydrogen) atoms. The summed E-state index contributed by atoms with van der Waals surface area (Å²) in [4.78, 5) is 36.1. The van der Waals surface area contributed by atoms with Crippen molar-refractivity contribution in [3.63, 3.8) is 0 Å². The maximum atomic E-state index is 12.2. The number of hydrogen-bond donors (Lipinski definition) is 2. The number of hydrogen-bond acceptors (Lipinski definition) is 6. The Hall–Kier alpha value is -1.63. The fraction of sp³-hybridized carbons (Fsp3) is 0.842. The molecule has 0 saturated heterocycles. The van der Waals surface area contributed by atoms with Gasteiger partial charge in [0.15, 0.2) is 0 Å². The highest BCUT2D eigenvalue weighted by Crippen LogP contribution is 2.07. The van der Waals surface area contributed by atoms with Gasteiger partial charge in [0.1, 0.15) is 6.04 Å². The van der Waals surface area contributed by atoms with Crippen LogP contribution in [0.15, 0.2) is 0 Å². The molecule has 1 atom stereocenters. The minimum Gasteiger partial charge on any atom is -0.465 e. The third-order valence-electron chi connectivity index (χ3n) is 3.50. The number of nitrogens with one attached hydrogen (secondary N) is 1. The first-order valence-corrected chi connectivity index (χ1v) is 9.57. The van der Waals surface area contributed by atoms with Crippen molar-refractivity contribution in [3.05, 3.63) is 0 Å². The van der Waals surface area contributed by atoms with Gasteiger partial charge in [-0.05, 0) is 37.6 Å². The number of unbranched alkanes of at least 4 members (excludes halogenated alkanes) is 2. The predicted molar refractivity (Wildman–Crippen MR) is 100 cm³/mol. The molecule has 0 radical (unpaired) electrons. The van der Waals surface area contributed by atoms with Crippen molar-refractivity contribution in [2.45, 2.75) is 72.3 Å². The number of carbonyl (C=O) groups is 3. The minimum atomic E-state index is -0.831. The molecule has 7 nitrogen and oxygen atoms in total. The average molecular weight is 373 g/mol. The molecule has 0 saturated carbocycles. The lowest BCUT2D eigenvalue weighted by molar-refractivity contribution is -0.150. The van der Waals surface area contributed by atoms with Crippen molar-refractivity contribution in [2.75, 3.05) is 19.8 Å². The molecule has 0 fully saturated rings. The van der Waals surface area contributed by atoms with E-state index in [0.29, 0.717) is 26.0 Å². The molecule has 0 spiro atoms. The lowest BCUT2D eigenvalue weighted by Crippen LogP contribution is -2.42. The van der Waals surface area contributed by atoms with Crippen molar-refractivity contribution in [3.8, 4) is 0 Å². The number of amides is 1. The Balaban J connectivity index is 4.51. The van der Waals surface area contributed by atoms with Crippen LogP contribution in [0.3, 0.4) is 0 Å². The summed E-state index contributed by atoms with van der Waals surface area (Å²) in [5.74, 6) is -0.658. The van der Waals surface area contributed by atoms with Crippen LogP contribution in [0.5, 0.6) is 0 Å². The molecule has 1 amide bonds. The van der Waals surface area contributed by atoms with Gasteiger partial charge in [0.05, 0.1) is 13.2 Å². The summed E-state index contributed by atoms with van der Waals surface area (Å²) in [6, 6.07) is -0.831. The maximum absolute atomic E-state index is 12.2. The second-order valence-corrected chi connectivity index (χ2v) is 7.36. The van der Waals surface area contributed by atoms with Crippen LogP contribution in [-0.2, 0) is 23.9 Å². The highest BCUT2D eigenvalue weighted by atomic mass is 16.5. The number of ether oxygens (including phenoxy) is 2. The van der Waals surface area contributed by atoms with E-state index in [1.54, 1.807) is 0 Å². The van der Waals surface area contributed by atoms with Crippen LogP contribution in [0, 0.1) is 11.8 Å². The molecule has 0 aliphatic rings. The second-order valence-electron chi connectivity index (χ2n) is 7.36. The largest absolute Gasteiger partial charge is 0.465 e. The first kappa shape index (κ1) is 24.4. The van der Waals surface area contributed by atoms with Gasteiger partial charge >= 0.3 is 11.9 Å². The summed E-state index contributed by atoms with van der Waals surface area (Å²) in [6.45, 7) is 8.98. The maximum Gasteiger partial charge on any atom is 0.328 e. The van der Waals surface area contributed by atoms with Gasteiger partial charge in [0.2, 0.25) is 5.91 Å². The molecule has 0 aliphatic heterocycles. The normalized spacial score (nSPS) is 12.1. The first-order valence-electron chi connectivity index (χ1n) is 9.57. The summed E-state index contributed by atoms with van der Waals surface area (Å²) >= 11 is 0. The van der Waals surface area contributed by atoms with Gasteiger partial charge < -0.3 is 20.5 Å². The van der Waals surface area contributed by atoms with Gasteiger partial charge in [-0.15, -0.1) is 0 Å². The van der Waals surface area contributed by atoms with Crippen molar-refractivity contribution in [1.82, 2.24) is 5.32 Å². The highest BCUT2D eigenvalue weighted by molar-refractivity contribution is 5.85. The Morgan fingerprint density at radius 2 is 1.50 bits per heavy atom. The monoisotopic (exact) mass is 372 g/mol. The van der Waals surface area contributed by atoms with Crippen LogP contribution in [0.25, 0.3) is 0 Å². The first-order chi connectivity index (χ1) is 12.3. The third kappa shape index (κ3) is 13.6. The third-order valence-corrected chi connectivity index (χ3v) is 3.50. The van der Waals surface area contributed by atoms with Crippen LogP contribution in [0.4, 0.5) is 0 Å². The van der Waals surface area contributed by atoms with E-state index in [2.05, 4.69) is 5.32 Å². The molecule has 0 aromatic rings. The van der Waals surface area contributed by atoms with E-state index < -0.39 is 12.0 Å². The summed E-state index contributed by atoms with van der Waals surface area (Å²) < 4.78 is 10.3. The lowest BCUT2D eigenvalue weighted by atomic mass is 10.1. The van der Waals surface area contributed by atoms with E-state index >= 15 is 0 Å². The van der Waals surface area contributed by atoms with Crippen LogP contribution in [-0.4, -0.2) is 43.6 Å². The van der Waals surface area contributed by atoms with E-state index in [4.69, 9.17) is 15.2 Å². The van der Waals surface area contributed by atoms with Gasteiger partial charge in [0, 0.05) is 12.8 Å². The predicted octanol–water partition coefficient (Wildman–Crippen LogP) is 2.17. The molecular weight excluding hydrogens is 336 g/mol. The van der Waals surface area contributed by atoms with Gasteiger partial charge in [-0.2, -0.15) is 0 Å². The topological polar surface area (TPSA) is 108 Å². The van der Waals surface area contributed by atoms with E-state index in [1.807, 2.05) is 27.7 Å². The van der Waals surface area contributed by atoms with Gasteiger partial charge in [0.25, 0.3) is 0 Å². The lowest BCUT2D eigenvalue weighted by Gasteiger charge is -2.18. The van der Waals surface area contributed by atoms with E-state index in [9.17, 15) is 14.4 Å². The van der Waals surface area contributed by atoms with Crippen molar-refractivity contribution in [1.29, 1.82) is 0 Å². The fourth-order valence-electron chi connectivity index (χ4n) is 2.07. The summed E-state index contributed by atoms with van der Waals surface area (Å²) in [5.41, 5.74) is 5.43. The zero-order chi connectivity index (χ0) is 19.9. The highest BCUT2D eigenvalue weighted by Gasteiger charge is 2.23. The molecule has 0 aromatic carbocycles. The Kier molecular flexibility index (Phi) is 13.6. The van der Waals surface area contributed by atoms with Crippen molar-refractivity contribution >= 4 is 17.8 Å². The smallest absolute Gasteiger partial charge is 0.328 e. The summed E-state index contributed by atoms with van der Waals surface area (Å²) in [5, 5.41) is 2.69.